The maximum atomic E-state index is 11.1. The van der Waals surface area contributed by atoms with E-state index in [4.69, 9.17) is 10.5 Å². The smallest absolute Gasteiger partial charge is 0.252 e. The molecule has 1 aliphatic heterocycles. The van der Waals surface area contributed by atoms with Crippen LogP contribution in [0.25, 0.3) is 0 Å². The first-order chi connectivity index (χ1) is 6.74. The fourth-order valence-electron chi connectivity index (χ4n) is 1.64. The van der Waals surface area contributed by atoms with Gasteiger partial charge in [0.2, 0.25) is 0 Å². The highest BCUT2D eigenvalue weighted by atomic mass is 16.5. The summed E-state index contributed by atoms with van der Waals surface area (Å²) in [6.07, 6.45) is 1.76. The zero-order valence-corrected chi connectivity index (χ0v) is 7.82. The SMILES string of the molecule is Nc1cc(=O)[nH]c(CC2CCOC2)n1. The van der Waals surface area contributed by atoms with Gasteiger partial charge in [-0.3, -0.25) is 4.79 Å². The first-order valence-electron chi connectivity index (χ1n) is 4.67. The van der Waals surface area contributed by atoms with Gasteiger partial charge in [0.1, 0.15) is 11.6 Å². The summed E-state index contributed by atoms with van der Waals surface area (Å²) in [6.45, 7) is 1.55. The summed E-state index contributed by atoms with van der Waals surface area (Å²) in [6, 6.07) is 1.29. The highest BCUT2D eigenvalue weighted by Gasteiger charge is 2.17. The lowest BCUT2D eigenvalue weighted by Gasteiger charge is -2.06. The summed E-state index contributed by atoms with van der Waals surface area (Å²) in [5, 5.41) is 0. The van der Waals surface area contributed by atoms with Crippen LogP contribution in [-0.2, 0) is 11.2 Å². The van der Waals surface area contributed by atoms with Crippen LogP contribution in [0.3, 0.4) is 0 Å². The Bertz CT molecular complexity index is 369. The first kappa shape index (κ1) is 9.21. The van der Waals surface area contributed by atoms with Crippen molar-refractivity contribution in [2.75, 3.05) is 18.9 Å². The summed E-state index contributed by atoms with van der Waals surface area (Å²) in [5.74, 6) is 1.40. The standard InChI is InChI=1S/C9H13N3O2/c10-7-4-9(13)12-8(11-7)3-6-1-2-14-5-6/h4,6H,1-3,5H2,(H3,10,11,12,13). The third kappa shape index (κ3) is 2.11. The molecule has 0 amide bonds. The van der Waals surface area contributed by atoms with Gasteiger partial charge in [0, 0.05) is 25.7 Å². The molecular weight excluding hydrogens is 182 g/mol. The van der Waals surface area contributed by atoms with Crippen LogP contribution in [0.4, 0.5) is 5.82 Å². The second-order valence-electron chi connectivity index (χ2n) is 3.55. The van der Waals surface area contributed by atoms with E-state index in [1.54, 1.807) is 0 Å². The maximum Gasteiger partial charge on any atom is 0.252 e. The molecule has 0 aromatic carbocycles. The quantitative estimate of drug-likeness (QED) is 0.692. The van der Waals surface area contributed by atoms with Gasteiger partial charge in [-0.05, 0) is 12.3 Å². The molecule has 1 atom stereocenters. The van der Waals surface area contributed by atoms with Crippen molar-refractivity contribution in [2.45, 2.75) is 12.8 Å². The van der Waals surface area contributed by atoms with Gasteiger partial charge in [0.25, 0.3) is 5.56 Å². The van der Waals surface area contributed by atoms with Gasteiger partial charge >= 0.3 is 0 Å². The number of aromatic amines is 1. The molecule has 0 radical (unpaired) electrons. The van der Waals surface area contributed by atoms with Crippen molar-refractivity contribution in [1.29, 1.82) is 0 Å². The average molecular weight is 195 g/mol. The van der Waals surface area contributed by atoms with E-state index in [9.17, 15) is 4.79 Å². The normalized spacial score (nSPS) is 21.3. The van der Waals surface area contributed by atoms with Gasteiger partial charge in [-0.1, -0.05) is 0 Å². The number of nitrogens with zero attached hydrogens (tertiary/aromatic N) is 1. The van der Waals surface area contributed by atoms with Gasteiger partial charge in [-0.15, -0.1) is 0 Å². The Labute approximate surface area is 81.3 Å². The number of anilines is 1. The van der Waals surface area contributed by atoms with Crippen molar-refractivity contribution in [3.05, 3.63) is 22.2 Å². The Morgan fingerprint density at radius 3 is 3.21 bits per heavy atom. The molecule has 5 nitrogen and oxygen atoms in total. The summed E-state index contributed by atoms with van der Waals surface area (Å²) in [4.78, 5) is 17.8. The molecule has 1 fully saturated rings. The van der Waals surface area contributed by atoms with Crippen LogP contribution in [-0.4, -0.2) is 23.2 Å². The van der Waals surface area contributed by atoms with Crippen molar-refractivity contribution in [3.63, 3.8) is 0 Å². The van der Waals surface area contributed by atoms with Gasteiger partial charge in [-0.2, -0.15) is 0 Å². The Morgan fingerprint density at radius 1 is 1.71 bits per heavy atom. The second-order valence-corrected chi connectivity index (χ2v) is 3.55. The second kappa shape index (κ2) is 3.79. The minimum absolute atomic E-state index is 0.189. The molecule has 0 bridgehead atoms. The summed E-state index contributed by atoms with van der Waals surface area (Å²) in [7, 11) is 0. The van der Waals surface area contributed by atoms with Crippen LogP contribution in [0.5, 0.6) is 0 Å². The predicted molar refractivity (Wildman–Crippen MR) is 51.9 cm³/mol. The van der Waals surface area contributed by atoms with Crippen LogP contribution >= 0.6 is 0 Å². The lowest BCUT2D eigenvalue weighted by molar-refractivity contribution is 0.185. The number of ether oxygens (including phenoxy) is 1. The van der Waals surface area contributed by atoms with Crippen molar-refractivity contribution < 1.29 is 4.74 Å². The number of nitrogens with one attached hydrogen (secondary N) is 1. The van der Waals surface area contributed by atoms with Crippen molar-refractivity contribution in [2.24, 2.45) is 5.92 Å². The number of aromatic nitrogens is 2. The van der Waals surface area contributed by atoms with E-state index in [1.165, 1.54) is 6.07 Å². The largest absolute Gasteiger partial charge is 0.383 e. The molecule has 1 unspecified atom stereocenters. The first-order valence-corrected chi connectivity index (χ1v) is 4.67. The van der Waals surface area contributed by atoms with Crippen molar-refractivity contribution in [1.82, 2.24) is 9.97 Å². The minimum Gasteiger partial charge on any atom is -0.383 e. The highest BCUT2D eigenvalue weighted by Crippen LogP contribution is 2.15. The third-order valence-corrected chi connectivity index (χ3v) is 2.32. The molecule has 1 aromatic heterocycles. The van der Waals surface area contributed by atoms with E-state index in [0.717, 1.165) is 26.1 Å². The van der Waals surface area contributed by atoms with Gasteiger partial charge in [-0.25, -0.2) is 4.98 Å². The number of nitrogen functional groups attached to an aromatic ring is 1. The Kier molecular flexibility index (Phi) is 2.49. The van der Waals surface area contributed by atoms with E-state index in [2.05, 4.69) is 9.97 Å². The minimum atomic E-state index is -0.189. The van der Waals surface area contributed by atoms with Crippen LogP contribution < -0.4 is 11.3 Å². The van der Waals surface area contributed by atoms with E-state index in [0.29, 0.717) is 11.7 Å². The number of hydrogen-bond acceptors (Lipinski definition) is 4. The molecule has 5 heteroatoms. The summed E-state index contributed by atoms with van der Waals surface area (Å²) in [5.41, 5.74) is 5.28. The molecule has 3 N–H and O–H groups in total. The predicted octanol–water partition coefficient (Wildman–Crippen LogP) is -0.0689. The molecule has 1 aromatic rings. The van der Waals surface area contributed by atoms with E-state index >= 15 is 0 Å². The van der Waals surface area contributed by atoms with Crippen LogP contribution in [0, 0.1) is 5.92 Å². The molecule has 0 saturated carbocycles. The Morgan fingerprint density at radius 2 is 2.57 bits per heavy atom. The van der Waals surface area contributed by atoms with Gasteiger partial charge in [0.05, 0.1) is 0 Å². The van der Waals surface area contributed by atoms with Crippen LogP contribution in [0.1, 0.15) is 12.2 Å². The highest BCUT2D eigenvalue weighted by molar-refractivity contribution is 5.25. The molecule has 2 heterocycles. The Balaban J connectivity index is 2.11. The molecule has 76 valence electrons. The van der Waals surface area contributed by atoms with Crippen LogP contribution in [0.15, 0.2) is 10.9 Å². The number of rotatable bonds is 2. The average Bonchev–Trinajstić information content (AvgIpc) is 2.54. The fourth-order valence-corrected chi connectivity index (χ4v) is 1.64. The number of nitrogens with two attached hydrogens (primary N) is 1. The zero-order chi connectivity index (χ0) is 9.97. The fraction of sp³-hybridized carbons (Fsp3) is 0.556. The van der Waals surface area contributed by atoms with E-state index in [-0.39, 0.29) is 11.4 Å². The molecule has 1 saturated heterocycles. The lowest BCUT2D eigenvalue weighted by Crippen LogP contribution is -2.15. The van der Waals surface area contributed by atoms with Crippen LogP contribution in [0.2, 0.25) is 0 Å². The number of hydrogen-bond donors (Lipinski definition) is 2. The number of H-pyrrole nitrogens is 1. The molecule has 1 aliphatic rings. The van der Waals surface area contributed by atoms with E-state index < -0.39 is 0 Å². The van der Waals surface area contributed by atoms with Gasteiger partial charge in [0.15, 0.2) is 0 Å². The molecular formula is C9H13N3O2. The Hall–Kier alpha value is -1.36. The molecule has 0 aliphatic carbocycles. The topological polar surface area (TPSA) is 81.0 Å². The lowest BCUT2D eigenvalue weighted by atomic mass is 10.1. The van der Waals surface area contributed by atoms with Crippen molar-refractivity contribution >= 4 is 5.82 Å². The van der Waals surface area contributed by atoms with Gasteiger partial charge < -0.3 is 15.5 Å². The summed E-state index contributed by atoms with van der Waals surface area (Å²) < 4.78 is 5.24. The van der Waals surface area contributed by atoms with E-state index in [1.807, 2.05) is 0 Å². The monoisotopic (exact) mass is 195 g/mol. The molecule has 2 rings (SSSR count). The maximum absolute atomic E-state index is 11.1. The zero-order valence-electron chi connectivity index (χ0n) is 7.82. The molecule has 0 spiro atoms. The molecule has 14 heavy (non-hydrogen) atoms. The van der Waals surface area contributed by atoms with Crippen molar-refractivity contribution in [3.8, 4) is 0 Å². The third-order valence-electron chi connectivity index (χ3n) is 2.32. The summed E-state index contributed by atoms with van der Waals surface area (Å²) >= 11 is 0.